The Labute approximate surface area is 153 Å². The molecule has 0 saturated heterocycles. The fourth-order valence-electron chi connectivity index (χ4n) is 3.48. The number of hydrogen-bond acceptors (Lipinski definition) is 3. The molecule has 1 aliphatic rings. The van der Waals surface area contributed by atoms with E-state index in [0.29, 0.717) is 6.54 Å². The largest absolute Gasteiger partial charge is 0.388 e. The zero-order valence-corrected chi connectivity index (χ0v) is 15.4. The monoisotopic (exact) mass is 355 g/mol. The van der Waals surface area contributed by atoms with Crippen LogP contribution in [0.25, 0.3) is 6.08 Å². The first kappa shape index (κ1) is 17.9. The first-order valence-corrected chi connectivity index (χ1v) is 9.70. The highest BCUT2D eigenvalue weighted by Gasteiger charge is 2.37. The van der Waals surface area contributed by atoms with Crippen molar-refractivity contribution in [1.29, 1.82) is 0 Å². The van der Waals surface area contributed by atoms with Gasteiger partial charge in [0.1, 0.15) is 0 Å². The van der Waals surface area contributed by atoms with Crippen molar-refractivity contribution in [2.45, 2.75) is 44.1 Å². The van der Waals surface area contributed by atoms with Crippen LogP contribution in [0.2, 0.25) is 0 Å². The number of benzene rings is 1. The molecule has 1 aromatic carbocycles. The zero-order valence-electron chi connectivity index (χ0n) is 14.6. The minimum atomic E-state index is -0.430. The molecule has 1 saturated carbocycles. The molecule has 1 aliphatic carbocycles. The van der Waals surface area contributed by atoms with Crippen molar-refractivity contribution >= 4 is 23.3 Å². The number of aliphatic hydroxyl groups excluding tert-OH is 1. The lowest BCUT2D eigenvalue weighted by Gasteiger charge is -2.28. The highest BCUT2D eigenvalue weighted by Crippen LogP contribution is 2.44. The smallest absolute Gasteiger partial charge is 0.244 e. The van der Waals surface area contributed by atoms with E-state index in [4.69, 9.17) is 0 Å². The van der Waals surface area contributed by atoms with Gasteiger partial charge in [-0.3, -0.25) is 4.79 Å². The molecule has 132 valence electrons. The summed E-state index contributed by atoms with van der Waals surface area (Å²) < 4.78 is 0. The quantitative estimate of drug-likeness (QED) is 0.753. The van der Waals surface area contributed by atoms with Gasteiger partial charge in [-0.1, -0.05) is 43.2 Å². The SMILES string of the molecule is CC(O)c1ccc(C2(CNC(=O)C=Cc3ccccc3)CCCC2)s1. The Morgan fingerprint density at radius 2 is 1.96 bits per heavy atom. The van der Waals surface area contributed by atoms with Crippen molar-refractivity contribution in [2.24, 2.45) is 0 Å². The van der Waals surface area contributed by atoms with Crippen LogP contribution >= 0.6 is 11.3 Å². The molecule has 0 spiro atoms. The third-order valence-electron chi connectivity index (χ3n) is 4.95. The van der Waals surface area contributed by atoms with Gasteiger partial charge in [-0.05, 0) is 43.5 Å². The molecule has 0 aliphatic heterocycles. The second-order valence-electron chi connectivity index (χ2n) is 6.83. The number of thiophene rings is 1. The molecule has 0 radical (unpaired) electrons. The number of aliphatic hydroxyl groups is 1. The van der Waals surface area contributed by atoms with Gasteiger partial charge in [0.15, 0.2) is 0 Å². The van der Waals surface area contributed by atoms with Crippen LogP contribution < -0.4 is 5.32 Å². The van der Waals surface area contributed by atoms with Gasteiger partial charge in [0, 0.05) is 27.8 Å². The van der Waals surface area contributed by atoms with Crippen LogP contribution in [0, 0.1) is 0 Å². The van der Waals surface area contributed by atoms with E-state index in [2.05, 4.69) is 11.4 Å². The Kier molecular flexibility index (Phi) is 5.71. The molecule has 3 nitrogen and oxygen atoms in total. The number of rotatable bonds is 6. The van der Waals surface area contributed by atoms with Crippen LogP contribution in [0.1, 0.15) is 54.0 Å². The predicted molar refractivity (Wildman–Crippen MR) is 104 cm³/mol. The molecule has 1 amide bonds. The average Bonchev–Trinajstić information content (AvgIpc) is 3.29. The van der Waals surface area contributed by atoms with E-state index in [1.165, 1.54) is 17.7 Å². The molecule has 1 aromatic heterocycles. The van der Waals surface area contributed by atoms with Crippen molar-refractivity contribution < 1.29 is 9.90 Å². The van der Waals surface area contributed by atoms with Crippen molar-refractivity contribution in [3.63, 3.8) is 0 Å². The molecular weight excluding hydrogens is 330 g/mol. The fraction of sp³-hybridized carbons (Fsp3) is 0.381. The second kappa shape index (κ2) is 7.98. The number of amides is 1. The van der Waals surface area contributed by atoms with Gasteiger partial charge < -0.3 is 10.4 Å². The average molecular weight is 356 g/mol. The van der Waals surface area contributed by atoms with Crippen LogP contribution in [0.5, 0.6) is 0 Å². The van der Waals surface area contributed by atoms with E-state index in [9.17, 15) is 9.90 Å². The van der Waals surface area contributed by atoms with Gasteiger partial charge in [0.25, 0.3) is 0 Å². The maximum Gasteiger partial charge on any atom is 0.244 e. The van der Waals surface area contributed by atoms with Crippen LogP contribution in [0.15, 0.2) is 48.5 Å². The highest BCUT2D eigenvalue weighted by atomic mass is 32.1. The minimum Gasteiger partial charge on any atom is -0.388 e. The van der Waals surface area contributed by atoms with Crippen LogP contribution in [0.3, 0.4) is 0 Å². The van der Waals surface area contributed by atoms with Crippen LogP contribution in [-0.2, 0) is 10.2 Å². The van der Waals surface area contributed by atoms with E-state index in [-0.39, 0.29) is 11.3 Å². The molecule has 25 heavy (non-hydrogen) atoms. The zero-order chi connectivity index (χ0) is 17.7. The van der Waals surface area contributed by atoms with Gasteiger partial charge >= 0.3 is 0 Å². The lowest BCUT2D eigenvalue weighted by atomic mass is 9.84. The van der Waals surface area contributed by atoms with Gasteiger partial charge in [0.05, 0.1) is 6.10 Å². The summed E-state index contributed by atoms with van der Waals surface area (Å²) >= 11 is 1.68. The summed E-state index contributed by atoms with van der Waals surface area (Å²) in [6.45, 7) is 2.46. The van der Waals surface area contributed by atoms with E-state index < -0.39 is 6.10 Å². The number of nitrogens with one attached hydrogen (secondary N) is 1. The van der Waals surface area contributed by atoms with E-state index in [1.54, 1.807) is 24.3 Å². The maximum atomic E-state index is 12.2. The van der Waals surface area contributed by atoms with E-state index in [1.807, 2.05) is 42.5 Å². The van der Waals surface area contributed by atoms with Gasteiger partial charge in [-0.2, -0.15) is 0 Å². The Morgan fingerprint density at radius 3 is 2.60 bits per heavy atom. The molecule has 2 aromatic rings. The third kappa shape index (κ3) is 4.39. The summed E-state index contributed by atoms with van der Waals surface area (Å²) in [6, 6.07) is 14.0. The van der Waals surface area contributed by atoms with E-state index in [0.717, 1.165) is 23.3 Å². The predicted octanol–water partition coefficient (Wildman–Crippen LogP) is 4.44. The maximum absolute atomic E-state index is 12.2. The lowest BCUT2D eigenvalue weighted by Crippen LogP contribution is -2.37. The Morgan fingerprint density at radius 1 is 1.24 bits per heavy atom. The van der Waals surface area contributed by atoms with Crippen molar-refractivity contribution in [3.8, 4) is 0 Å². The minimum absolute atomic E-state index is 0.0219. The molecule has 3 rings (SSSR count). The molecule has 1 fully saturated rings. The number of carbonyl (C=O) groups is 1. The summed E-state index contributed by atoms with van der Waals surface area (Å²) in [5.41, 5.74) is 1.04. The Balaban J connectivity index is 1.65. The molecule has 4 heteroatoms. The van der Waals surface area contributed by atoms with Gasteiger partial charge in [-0.25, -0.2) is 0 Å². The van der Waals surface area contributed by atoms with Crippen molar-refractivity contribution in [1.82, 2.24) is 5.32 Å². The molecule has 0 bridgehead atoms. The highest BCUT2D eigenvalue weighted by molar-refractivity contribution is 7.12. The molecule has 2 N–H and O–H groups in total. The summed E-state index contributed by atoms with van der Waals surface area (Å²) in [5.74, 6) is -0.0533. The second-order valence-corrected chi connectivity index (χ2v) is 7.94. The standard InChI is InChI=1S/C21H25NO2S/c1-16(23)18-10-11-19(25-18)21(13-5-6-14-21)15-22-20(24)12-9-17-7-3-2-4-8-17/h2-4,7-12,16,23H,5-6,13-15H2,1H3,(H,22,24). The van der Waals surface area contributed by atoms with Crippen molar-refractivity contribution in [3.05, 3.63) is 63.9 Å². The molecular formula is C21H25NO2S. The van der Waals surface area contributed by atoms with Crippen molar-refractivity contribution in [2.75, 3.05) is 6.54 Å². The summed E-state index contributed by atoms with van der Waals surface area (Å²) in [4.78, 5) is 14.5. The number of hydrogen-bond donors (Lipinski definition) is 2. The first-order chi connectivity index (χ1) is 12.1. The Hall–Kier alpha value is -1.91. The summed E-state index contributed by atoms with van der Waals surface area (Å²) in [5, 5.41) is 12.9. The first-order valence-electron chi connectivity index (χ1n) is 8.88. The summed E-state index contributed by atoms with van der Waals surface area (Å²) in [6.07, 6.45) is 7.59. The summed E-state index contributed by atoms with van der Waals surface area (Å²) in [7, 11) is 0. The lowest BCUT2D eigenvalue weighted by molar-refractivity contribution is -0.116. The topological polar surface area (TPSA) is 49.3 Å². The van der Waals surface area contributed by atoms with Crippen LogP contribution in [-0.4, -0.2) is 17.6 Å². The normalized spacial score (nSPS) is 17.7. The fourth-order valence-corrected chi connectivity index (χ4v) is 4.67. The molecule has 1 heterocycles. The van der Waals surface area contributed by atoms with Gasteiger partial charge in [-0.15, -0.1) is 11.3 Å². The molecule has 1 unspecified atom stereocenters. The molecule has 1 atom stereocenters. The van der Waals surface area contributed by atoms with E-state index >= 15 is 0 Å². The Bertz CT molecular complexity index is 727. The number of carbonyl (C=O) groups excluding carboxylic acids is 1. The third-order valence-corrected chi connectivity index (χ3v) is 6.45. The van der Waals surface area contributed by atoms with Gasteiger partial charge in [0.2, 0.25) is 5.91 Å². The van der Waals surface area contributed by atoms with Crippen LogP contribution in [0.4, 0.5) is 0 Å².